The molecule has 0 spiro atoms. The molecule has 0 saturated heterocycles. The molecule has 2 N–H and O–H groups in total. The average molecular weight is 492 g/mol. The fourth-order valence-electron chi connectivity index (χ4n) is 3.57. The molecular formula is C25H25Cl3N2O2. The molecule has 7 heteroatoms. The number of hydrogen-bond acceptors (Lipinski definition) is 3. The summed E-state index contributed by atoms with van der Waals surface area (Å²) in [5.41, 5.74) is 4.40. The molecule has 0 radical (unpaired) electrons. The van der Waals surface area contributed by atoms with Crippen LogP contribution in [-0.2, 0) is 19.6 Å². The van der Waals surface area contributed by atoms with Crippen molar-refractivity contribution in [3.05, 3.63) is 93.6 Å². The van der Waals surface area contributed by atoms with Crippen LogP contribution in [0.5, 0.6) is 11.5 Å². The Hall–Kier alpha value is -2.37. The van der Waals surface area contributed by atoms with Crippen LogP contribution in [0.15, 0.2) is 66.9 Å². The Bertz CT molecular complexity index is 1180. The van der Waals surface area contributed by atoms with E-state index < -0.39 is 0 Å². The van der Waals surface area contributed by atoms with Crippen molar-refractivity contribution in [3.63, 3.8) is 0 Å². The Balaban J connectivity index is 0.00000289. The number of benzene rings is 3. The molecule has 0 aliphatic heterocycles. The quantitative estimate of drug-likeness (QED) is 0.253. The number of para-hydroxylation sites is 1. The van der Waals surface area contributed by atoms with Gasteiger partial charge in [-0.3, -0.25) is 0 Å². The summed E-state index contributed by atoms with van der Waals surface area (Å²) in [6.45, 7) is 1.85. The minimum absolute atomic E-state index is 0. The largest absolute Gasteiger partial charge is 0.493 e. The van der Waals surface area contributed by atoms with Crippen LogP contribution in [0.1, 0.15) is 16.7 Å². The van der Waals surface area contributed by atoms with Crippen LogP contribution in [-0.4, -0.2) is 18.6 Å². The number of hydrogen-bond donors (Lipinski definition) is 2. The number of aromatic nitrogens is 1. The van der Waals surface area contributed by atoms with Crippen molar-refractivity contribution in [2.75, 3.05) is 13.7 Å². The summed E-state index contributed by atoms with van der Waals surface area (Å²) in [5, 5.41) is 5.93. The Labute approximate surface area is 204 Å². The lowest BCUT2D eigenvalue weighted by Crippen LogP contribution is -2.16. The number of nitrogens with one attached hydrogen (secondary N) is 2. The molecule has 4 rings (SSSR count). The van der Waals surface area contributed by atoms with Crippen LogP contribution in [0.4, 0.5) is 0 Å². The van der Waals surface area contributed by atoms with Gasteiger partial charge in [0.15, 0.2) is 11.5 Å². The fourth-order valence-corrected chi connectivity index (χ4v) is 4.05. The van der Waals surface area contributed by atoms with Crippen molar-refractivity contribution in [1.82, 2.24) is 10.3 Å². The highest BCUT2D eigenvalue weighted by Gasteiger charge is 2.13. The van der Waals surface area contributed by atoms with Gasteiger partial charge >= 0.3 is 0 Å². The van der Waals surface area contributed by atoms with Crippen molar-refractivity contribution >= 4 is 46.5 Å². The summed E-state index contributed by atoms with van der Waals surface area (Å²) >= 11 is 12.7. The van der Waals surface area contributed by atoms with Crippen molar-refractivity contribution in [2.45, 2.75) is 19.6 Å². The van der Waals surface area contributed by atoms with Gasteiger partial charge in [0.25, 0.3) is 0 Å². The van der Waals surface area contributed by atoms with Crippen LogP contribution in [0.2, 0.25) is 10.0 Å². The zero-order valence-electron chi connectivity index (χ0n) is 17.7. The Morgan fingerprint density at radius 3 is 2.53 bits per heavy atom. The number of halogens is 3. The molecule has 168 valence electrons. The molecule has 4 aromatic rings. The van der Waals surface area contributed by atoms with Crippen molar-refractivity contribution in [2.24, 2.45) is 0 Å². The highest BCUT2D eigenvalue weighted by Crippen LogP contribution is 2.37. The lowest BCUT2D eigenvalue weighted by molar-refractivity contribution is 0.284. The van der Waals surface area contributed by atoms with Gasteiger partial charge in [-0.15, -0.1) is 12.4 Å². The molecule has 0 amide bonds. The SMILES string of the molecule is COc1cc(CNCCc2c[nH]c3ccccc23)cc(Cl)c1OCc1ccccc1Cl.Cl. The van der Waals surface area contributed by atoms with E-state index in [0.29, 0.717) is 34.7 Å². The van der Waals surface area contributed by atoms with Crippen LogP contribution >= 0.6 is 35.6 Å². The fraction of sp³-hybridized carbons (Fsp3) is 0.200. The molecule has 0 aliphatic carbocycles. The van der Waals surface area contributed by atoms with Crippen molar-refractivity contribution < 1.29 is 9.47 Å². The first-order valence-electron chi connectivity index (χ1n) is 10.1. The maximum Gasteiger partial charge on any atom is 0.180 e. The average Bonchev–Trinajstić information content (AvgIpc) is 3.20. The second-order valence-electron chi connectivity index (χ2n) is 7.28. The first-order chi connectivity index (χ1) is 15.2. The highest BCUT2D eigenvalue weighted by atomic mass is 35.5. The van der Waals surface area contributed by atoms with Crippen molar-refractivity contribution in [1.29, 1.82) is 0 Å². The number of H-pyrrole nitrogens is 1. The van der Waals surface area contributed by atoms with Gasteiger partial charge in [0.05, 0.1) is 12.1 Å². The zero-order chi connectivity index (χ0) is 21.6. The lowest BCUT2D eigenvalue weighted by atomic mass is 10.1. The molecule has 0 aliphatic rings. The zero-order valence-corrected chi connectivity index (χ0v) is 20.0. The van der Waals surface area contributed by atoms with Gasteiger partial charge in [-0.25, -0.2) is 0 Å². The summed E-state index contributed by atoms with van der Waals surface area (Å²) < 4.78 is 11.5. The molecular weight excluding hydrogens is 467 g/mol. The van der Waals surface area contributed by atoms with Gasteiger partial charge in [0.2, 0.25) is 0 Å². The topological polar surface area (TPSA) is 46.3 Å². The van der Waals surface area contributed by atoms with E-state index in [2.05, 4.69) is 34.7 Å². The minimum Gasteiger partial charge on any atom is -0.493 e. The van der Waals surface area contributed by atoms with Gasteiger partial charge in [0.1, 0.15) is 6.61 Å². The second kappa shape index (κ2) is 11.5. The van der Waals surface area contributed by atoms with Gasteiger partial charge in [0, 0.05) is 34.2 Å². The minimum atomic E-state index is 0. The van der Waals surface area contributed by atoms with Crippen LogP contribution in [0, 0.1) is 0 Å². The predicted molar refractivity (Wildman–Crippen MR) is 135 cm³/mol. The van der Waals surface area contributed by atoms with Gasteiger partial charge < -0.3 is 19.8 Å². The molecule has 3 aromatic carbocycles. The molecule has 32 heavy (non-hydrogen) atoms. The standard InChI is InChI=1S/C25H24Cl2N2O2.ClH/c1-30-24-13-17(12-22(27)25(24)31-16-19-6-2-4-8-21(19)26)14-28-11-10-18-15-29-23-9-5-3-7-20(18)23;/h2-9,12-13,15,28-29H,10-11,14,16H2,1H3;1H. The monoisotopic (exact) mass is 490 g/mol. The summed E-state index contributed by atoms with van der Waals surface area (Å²) in [7, 11) is 1.61. The summed E-state index contributed by atoms with van der Waals surface area (Å²) in [5.74, 6) is 1.12. The molecule has 4 nitrogen and oxygen atoms in total. The second-order valence-corrected chi connectivity index (χ2v) is 8.09. The summed E-state index contributed by atoms with van der Waals surface area (Å²) in [4.78, 5) is 3.32. The van der Waals surface area contributed by atoms with E-state index in [4.69, 9.17) is 32.7 Å². The first kappa shape index (κ1) is 24.3. The normalized spacial score (nSPS) is 10.7. The number of fused-ring (bicyclic) bond motifs is 1. The van der Waals surface area contributed by atoms with E-state index in [9.17, 15) is 0 Å². The Morgan fingerprint density at radius 2 is 1.72 bits per heavy atom. The van der Waals surface area contributed by atoms with Gasteiger partial charge in [-0.1, -0.05) is 59.6 Å². The van der Waals surface area contributed by atoms with E-state index in [1.807, 2.05) is 42.5 Å². The first-order valence-corrected chi connectivity index (χ1v) is 10.9. The molecule has 0 saturated carbocycles. The molecule has 1 heterocycles. The van der Waals surface area contributed by atoms with E-state index in [1.165, 1.54) is 16.5 Å². The van der Waals surface area contributed by atoms with Gasteiger partial charge in [-0.05, 0) is 48.4 Å². The Morgan fingerprint density at radius 1 is 0.938 bits per heavy atom. The van der Waals surface area contributed by atoms with E-state index in [-0.39, 0.29) is 12.4 Å². The summed E-state index contributed by atoms with van der Waals surface area (Å²) in [6.07, 6.45) is 3.02. The molecule has 0 fully saturated rings. The summed E-state index contributed by atoms with van der Waals surface area (Å²) in [6, 6.07) is 19.8. The maximum atomic E-state index is 6.51. The third-order valence-corrected chi connectivity index (χ3v) is 5.84. The third-order valence-electron chi connectivity index (χ3n) is 5.19. The molecule has 0 atom stereocenters. The molecule has 0 unspecified atom stereocenters. The lowest BCUT2D eigenvalue weighted by Gasteiger charge is -2.15. The highest BCUT2D eigenvalue weighted by molar-refractivity contribution is 6.32. The van der Waals surface area contributed by atoms with E-state index >= 15 is 0 Å². The Kier molecular flexibility index (Phi) is 8.71. The van der Waals surface area contributed by atoms with Crippen LogP contribution < -0.4 is 14.8 Å². The molecule has 0 bridgehead atoms. The number of aromatic amines is 1. The maximum absolute atomic E-state index is 6.51. The smallest absolute Gasteiger partial charge is 0.180 e. The predicted octanol–water partition coefficient (Wildman–Crippen LogP) is 6.82. The number of ether oxygens (including phenoxy) is 2. The van der Waals surface area contributed by atoms with Gasteiger partial charge in [-0.2, -0.15) is 0 Å². The number of rotatable bonds is 9. The van der Waals surface area contributed by atoms with Crippen LogP contribution in [0.3, 0.4) is 0 Å². The molecule has 1 aromatic heterocycles. The van der Waals surface area contributed by atoms with Crippen molar-refractivity contribution in [3.8, 4) is 11.5 Å². The van der Waals surface area contributed by atoms with E-state index in [1.54, 1.807) is 7.11 Å². The number of methoxy groups -OCH3 is 1. The van der Waals surface area contributed by atoms with Crippen LogP contribution in [0.25, 0.3) is 10.9 Å². The third kappa shape index (κ3) is 5.70. The van der Waals surface area contributed by atoms with E-state index in [0.717, 1.165) is 24.1 Å².